The van der Waals surface area contributed by atoms with Gasteiger partial charge in [0.25, 0.3) is 5.91 Å². The van der Waals surface area contributed by atoms with Crippen molar-refractivity contribution in [3.05, 3.63) is 11.1 Å². The maximum Gasteiger partial charge on any atom is 0.325 e. The highest BCUT2D eigenvalue weighted by Gasteiger charge is 2.55. The molecule has 1 aromatic rings. The molecule has 0 bridgehead atoms. The number of imide groups is 1. The smallest absolute Gasteiger partial charge is 0.325 e. The lowest BCUT2D eigenvalue weighted by molar-refractivity contribution is -0.131. The fourth-order valence-electron chi connectivity index (χ4n) is 3.11. The van der Waals surface area contributed by atoms with Gasteiger partial charge in [0.15, 0.2) is 5.13 Å². The molecule has 2 saturated carbocycles. The number of hydrogen-bond donors (Lipinski definition) is 1. The average Bonchev–Trinajstić information content (AvgIpc) is 3.38. The molecule has 1 atom stereocenters. The predicted octanol–water partition coefficient (Wildman–Crippen LogP) is 1.96. The highest BCUT2D eigenvalue weighted by Crippen LogP contribution is 2.43. The molecule has 0 radical (unpaired) electrons. The molecule has 2 heterocycles. The number of nitrogens with zero attached hydrogens (tertiary/aromatic N) is 3. The number of aromatic nitrogens is 1. The molecule has 1 saturated heterocycles. The lowest BCUT2D eigenvalue weighted by Crippen LogP contribution is -2.46. The molecule has 1 aliphatic heterocycles. The van der Waals surface area contributed by atoms with Crippen molar-refractivity contribution in [2.45, 2.75) is 50.7 Å². The van der Waals surface area contributed by atoms with Crippen LogP contribution >= 0.6 is 11.3 Å². The first kappa shape index (κ1) is 14.0. The van der Waals surface area contributed by atoms with Crippen LogP contribution in [0.5, 0.6) is 0 Å². The summed E-state index contributed by atoms with van der Waals surface area (Å²) in [5, 5.41) is 5.79. The molecule has 3 fully saturated rings. The van der Waals surface area contributed by atoms with Crippen molar-refractivity contribution in [2.24, 2.45) is 5.92 Å². The summed E-state index contributed by atoms with van der Waals surface area (Å²) in [5.41, 5.74) is 0.0804. The summed E-state index contributed by atoms with van der Waals surface area (Å²) < 4.78 is 0. The van der Waals surface area contributed by atoms with Crippen LogP contribution in [-0.4, -0.2) is 40.5 Å². The summed E-state index contributed by atoms with van der Waals surface area (Å²) >= 11 is 1.58. The Balaban J connectivity index is 1.48. The van der Waals surface area contributed by atoms with Crippen molar-refractivity contribution in [2.75, 3.05) is 11.9 Å². The first-order valence-corrected chi connectivity index (χ1v) is 8.68. The molecule has 7 heteroatoms. The molecule has 3 amide bonds. The normalized spacial score (nSPS) is 28.2. The Morgan fingerprint density at radius 2 is 2.14 bits per heavy atom. The third kappa shape index (κ3) is 2.18. The molecule has 118 valence electrons. The second kappa shape index (κ2) is 4.68. The second-order valence-corrected chi connectivity index (χ2v) is 7.60. The van der Waals surface area contributed by atoms with E-state index >= 15 is 0 Å². The van der Waals surface area contributed by atoms with E-state index in [-0.39, 0.29) is 18.5 Å². The van der Waals surface area contributed by atoms with Gasteiger partial charge in [0.2, 0.25) is 0 Å². The molecule has 6 nitrogen and oxygen atoms in total. The number of hydrogen-bond acceptors (Lipinski definition) is 5. The Morgan fingerprint density at radius 3 is 2.77 bits per heavy atom. The third-order valence-electron chi connectivity index (χ3n) is 4.95. The molecule has 22 heavy (non-hydrogen) atoms. The van der Waals surface area contributed by atoms with E-state index in [0.29, 0.717) is 12.0 Å². The summed E-state index contributed by atoms with van der Waals surface area (Å²) in [4.78, 5) is 32.8. The van der Waals surface area contributed by atoms with Gasteiger partial charge in [0, 0.05) is 18.5 Å². The molecule has 1 unspecified atom stereocenters. The lowest BCUT2D eigenvalue weighted by atomic mass is 9.96. The van der Waals surface area contributed by atoms with E-state index < -0.39 is 5.54 Å². The minimum absolute atomic E-state index is 0.106. The number of rotatable bonds is 5. The van der Waals surface area contributed by atoms with Crippen molar-refractivity contribution >= 4 is 28.4 Å². The highest BCUT2D eigenvalue weighted by molar-refractivity contribution is 7.13. The monoisotopic (exact) mass is 320 g/mol. The minimum atomic E-state index is -0.708. The summed E-state index contributed by atoms with van der Waals surface area (Å²) in [7, 11) is 2.05. The minimum Gasteiger partial charge on any atom is -0.348 e. The predicted molar refractivity (Wildman–Crippen MR) is 83.7 cm³/mol. The Labute approximate surface area is 133 Å². The van der Waals surface area contributed by atoms with E-state index in [1.54, 1.807) is 11.3 Å². The summed E-state index contributed by atoms with van der Waals surface area (Å²) in [6.07, 6.45) is 4.48. The molecular formula is C15H20N4O2S. The standard InChI is InChI=1S/C15H20N4O2S/c1-15(9-3-4-9)12(20)19(13(21)17-15)7-10-8-22-14(16-10)18(2)11-5-6-11/h8-9,11H,3-7H2,1-2H3,(H,17,21). The van der Waals surface area contributed by atoms with E-state index in [2.05, 4.69) is 22.2 Å². The zero-order valence-electron chi connectivity index (χ0n) is 12.8. The van der Waals surface area contributed by atoms with Crippen LogP contribution < -0.4 is 10.2 Å². The molecule has 4 rings (SSSR count). The van der Waals surface area contributed by atoms with E-state index in [9.17, 15) is 9.59 Å². The topological polar surface area (TPSA) is 65.5 Å². The van der Waals surface area contributed by atoms with Gasteiger partial charge < -0.3 is 10.2 Å². The van der Waals surface area contributed by atoms with Gasteiger partial charge in [-0.05, 0) is 38.5 Å². The zero-order valence-corrected chi connectivity index (χ0v) is 13.7. The van der Waals surface area contributed by atoms with Crippen molar-refractivity contribution in [3.8, 4) is 0 Å². The molecule has 3 aliphatic rings. The Bertz CT molecular complexity index is 637. The zero-order chi connectivity index (χ0) is 15.5. The van der Waals surface area contributed by atoms with Crippen LogP contribution in [0.1, 0.15) is 38.3 Å². The van der Waals surface area contributed by atoms with Gasteiger partial charge in [-0.25, -0.2) is 9.78 Å². The van der Waals surface area contributed by atoms with Crippen LogP contribution in [0.3, 0.4) is 0 Å². The van der Waals surface area contributed by atoms with E-state index in [4.69, 9.17) is 0 Å². The number of urea groups is 1. The maximum absolute atomic E-state index is 12.6. The highest BCUT2D eigenvalue weighted by atomic mass is 32.1. The van der Waals surface area contributed by atoms with Crippen LogP contribution in [0.15, 0.2) is 5.38 Å². The SMILES string of the molecule is CN(c1nc(CN2C(=O)NC(C)(C3CC3)C2=O)cs1)C1CC1. The van der Waals surface area contributed by atoms with E-state index in [1.165, 1.54) is 17.7 Å². The number of anilines is 1. The fourth-order valence-corrected chi connectivity index (χ4v) is 3.96. The van der Waals surface area contributed by atoms with E-state index in [0.717, 1.165) is 23.7 Å². The molecule has 1 aromatic heterocycles. The lowest BCUT2D eigenvalue weighted by Gasteiger charge is -2.20. The maximum atomic E-state index is 12.6. The largest absolute Gasteiger partial charge is 0.348 e. The molecule has 0 aromatic carbocycles. The van der Waals surface area contributed by atoms with Gasteiger partial charge in [-0.15, -0.1) is 11.3 Å². The molecule has 0 spiro atoms. The molecule has 2 aliphatic carbocycles. The average molecular weight is 320 g/mol. The van der Waals surface area contributed by atoms with Crippen molar-refractivity contribution in [1.29, 1.82) is 0 Å². The Hall–Kier alpha value is -1.63. The third-order valence-corrected chi connectivity index (χ3v) is 5.93. The number of nitrogens with one attached hydrogen (secondary N) is 1. The van der Waals surface area contributed by atoms with Gasteiger partial charge >= 0.3 is 6.03 Å². The second-order valence-electron chi connectivity index (χ2n) is 6.76. The Morgan fingerprint density at radius 1 is 1.41 bits per heavy atom. The summed E-state index contributed by atoms with van der Waals surface area (Å²) in [6.45, 7) is 2.11. The number of thiazole rings is 1. The Kier molecular flexibility index (Phi) is 2.98. The van der Waals surface area contributed by atoms with Gasteiger partial charge in [-0.1, -0.05) is 0 Å². The van der Waals surface area contributed by atoms with Crippen LogP contribution in [-0.2, 0) is 11.3 Å². The first-order chi connectivity index (χ1) is 10.5. The molecule has 1 N–H and O–H groups in total. The van der Waals surface area contributed by atoms with Gasteiger partial charge in [-0.2, -0.15) is 0 Å². The summed E-state index contributed by atoms with van der Waals surface area (Å²) in [5.74, 6) is 0.186. The number of carbonyl (C=O) groups is 2. The van der Waals surface area contributed by atoms with Crippen LogP contribution in [0.2, 0.25) is 0 Å². The summed E-state index contributed by atoms with van der Waals surface area (Å²) in [6, 6.07) is 0.318. The number of carbonyl (C=O) groups excluding carboxylic acids is 2. The van der Waals surface area contributed by atoms with Crippen LogP contribution in [0.25, 0.3) is 0 Å². The van der Waals surface area contributed by atoms with Crippen molar-refractivity contribution in [3.63, 3.8) is 0 Å². The van der Waals surface area contributed by atoms with Gasteiger partial charge in [0.1, 0.15) is 5.54 Å². The quantitative estimate of drug-likeness (QED) is 0.842. The van der Waals surface area contributed by atoms with Crippen molar-refractivity contribution in [1.82, 2.24) is 15.2 Å². The van der Waals surface area contributed by atoms with E-state index in [1.807, 2.05) is 12.3 Å². The van der Waals surface area contributed by atoms with Gasteiger partial charge in [-0.3, -0.25) is 9.69 Å². The number of amides is 3. The first-order valence-electron chi connectivity index (χ1n) is 7.80. The van der Waals surface area contributed by atoms with Crippen LogP contribution in [0, 0.1) is 5.92 Å². The molecular weight excluding hydrogens is 300 g/mol. The van der Waals surface area contributed by atoms with Gasteiger partial charge in [0.05, 0.1) is 12.2 Å². The van der Waals surface area contributed by atoms with Crippen LogP contribution in [0.4, 0.5) is 9.93 Å². The fraction of sp³-hybridized carbons (Fsp3) is 0.667. The van der Waals surface area contributed by atoms with Crippen molar-refractivity contribution < 1.29 is 9.59 Å².